The largest absolute Gasteiger partial charge is 0.508 e. The number of rotatable bonds is 6. The van der Waals surface area contributed by atoms with Gasteiger partial charge in [-0.2, -0.15) is 0 Å². The Kier molecular flexibility index (Phi) is 5.94. The zero-order valence-corrected chi connectivity index (χ0v) is 16.8. The van der Waals surface area contributed by atoms with Crippen molar-refractivity contribution in [2.24, 2.45) is 0 Å². The Balaban J connectivity index is 1.55. The minimum absolute atomic E-state index is 0.147. The predicted molar refractivity (Wildman–Crippen MR) is 122 cm³/mol. The minimum Gasteiger partial charge on any atom is -0.508 e. The number of hydrogen-bond acceptors (Lipinski definition) is 3. The van der Waals surface area contributed by atoms with Crippen molar-refractivity contribution in [3.05, 3.63) is 108 Å². The molecule has 4 aromatic carbocycles. The second kappa shape index (κ2) is 9.13. The molecule has 3 N–H and O–H groups in total. The Morgan fingerprint density at radius 3 is 2.19 bits per heavy atom. The molecule has 0 fully saturated rings. The highest BCUT2D eigenvalue weighted by atomic mass is 16.3. The number of fused-ring (bicyclic) bond motifs is 1. The third-order valence-electron chi connectivity index (χ3n) is 5.05. The first-order valence-electron chi connectivity index (χ1n) is 10.0. The normalized spacial score (nSPS) is 11.6. The molecule has 2 amide bonds. The number of nitrogens with one attached hydrogen (secondary N) is 2. The van der Waals surface area contributed by atoms with Crippen molar-refractivity contribution >= 4 is 28.3 Å². The van der Waals surface area contributed by atoms with Gasteiger partial charge >= 0.3 is 0 Å². The highest BCUT2D eigenvalue weighted by Crippen LogP contribution is 2.19. The zero-order valence-electron chi connectivity index (χ0n) is 16.8. The van der Waals surface area contributed by atoms with Crippen LogP contribution < -0.4 is 10.6 Å². The van der Waals surface area contributed by atoms with Gasteiger partial charge in [0, 0.05) is 17.7 Å². The molecular formula is C26H22N2O3. The van der Waals surface area contributed by atoms with Crippen molar-refractivity contribution in [1.29, 1.82) is 0 Å². The lowest BCUT2D eigenvalue weighted by Gasteiger charge is -2.19. The van der Waals surface area contributed by atoms with Crippen LogP contribution in [0.4, 0.5) is 5.69 Å². The van der Waals surface area contributed by atoms with Crippen LogP contribution in [0, 0.1) is 0 Å². The smallest absolute Gasteiger partial charge is 0.251 e. The van der Waals surface area contributed by atoms with E-state index in [-0.39, 0.29) is 24.0 Å². The summed E-state index contributed by atoms with van der Waals surface area (Å²) >= 11 is 0. The Morgan fingerprint density at radius 1 is 0.774 bits per heavy atom. The van der Waals surface area contributed by atoms with E-state index in [0.29, 0.717) is 11.3 Å². The third kappa shape index (κ3) is 5.08. The lowest BCUT2D eigenvalue weighted by atomic mass is 10.0. The number of hydrogen-bond donors (Lipinski definition) is 3. The monoisotopic (exact) mass is 410 g/mol. The summed E-state index contributed by atoms with van der Waals surface area (Å²) in [6.07, 6.45) is 0.290. The van der Waals surface area contributed by atoms with Crippen LogP contribution in [0.25, 0.3) is 10.8 Å². The van der Waals surface area contributed by atoms with E-state index in [1.54, 1.807) is 48.5 Å². The molecule has 5 heteroatoms. The molecule has 0 bridgehead atoms. The average molecular weight is 410 g/mol. The Morgan fingerprint density at radius 2 is 1.45 bits per heavy atom. The summed E-state index contributed by atoms with van der Waals surface area (Å²) < 4.78 is 0. The fourth-order valence-corrected chi connectivity index (χ4v) is 3.40. The summed E-state index contributed by atoms with van der Waals surface area (Å²) in [6.45, 7) is 0. The van der Waals surface area contributed by atoms with Crippen LogP contribution in [0.5, 0.6) is 5.75 Å². The minimum atomic E-state index is -0.788. The van der Waals surface area contributed by atoms with Gasteiger partial charge in [-0.05, 0) is 52.7 Å². The van der Waals surface area contributed by atoms with Gasteiger partial charge in [-0.15, -0.1) is 0 Å². The zero-order chi connectivity index (χ0) is 21.6. The molecule has 0 aliphatic carbocycles. The van der Waals surface area contributed by atoms with Gasteiger partial charge in [-0.1, -0.05) is 60.7 Å². The summed E-state index contributed by atoms with van der Waals surface area (Å²) in [7, 11) is 0. The van der Waals surface area contributed by atoms with E-state index in [2.05, 4.69) is 10.6 Å². The van der Waals surface area contributed by atoms with E-state index in [4.69, 9.17) is 0 Å². The van der Waals surface area contributed by atoms with Crippen LogP contribution in [0.15, 0.2) is 97.1 Å². The maximum Gasteiger partial charge on any atom is 0.251 e. The molecule has 0 aliphatic heterocycles. The van der Waals surface area contributed by atoms with Crippen LogP contribution in [-0.4, -0.2) is 23.0 Å². The SMILES string of the molecule is O=C(N[C@H](Cc1ccc(O)cc1)C(=O)Nc1ccc2ccccc2c1)c1ccccc1. The molecule has 0 radical (unpaired) electrons. The van der Waals surface area contributed by atoms with Crippen LogP contribution in [-0.2, 0) is 11.2 Å². The molecule has 0 saturated heterocycles. The molecule has 0 spiro atoms. The van der Waals surface area contributed by atoms with Crippen LogP contribution in [0.1, 0.15) is 15.9 Å². The molecule has 31 heavy (non-hydrogen) atoms. The number of anilines is 1. The first kappa shape index (κ1) is 20.2. The van der Waals surface area contributed by atoms with Gasteiger partial charge in [0.05, 0.1) is 0 Å². The lowest BCUT2D eigenvalue weighted by Crippen LogP contribution is -2.45. The molecule has 5 nitrogen and oxygen atoms in total. The summed E-state index contributed by atoms with van der Waals surface area (Å²) in [5.41, 5.74) is 1.97. The summed E-state index contributed by atoms with van der Waals surface area (Å²) in [6, 6.07) is 28.2. The number of benzene rings is 4. The van der Waals surface area contributed by atoms with Crippen LogP contribution >= 0.6 is 0 Å². The van der Waals surface area contributed by atoms with Gasteiger partial charge in [0.15, 0.2) is 0 Å². The number of phenolic OH excluding ortho intramolecular Hbond substituents is 1. The van der Waals surface area contributed by atoms with Gasteiger partial charge in [-0.25, -0.2) is 0 Å². The van der Waals surface area contributed by atoms with Crippen molar-refractivity contribution in [1.82, 2.24) is 5.32 Å². The first-order valence-corrected chi connectivity index (χ1v) is 10.0. The van der Waals surface area contributed by atoms with E-state index in [1.165, 1.54) is 0 Å². The summed E-state index contributed by atoms with van der Waals surface area (Å²) in [4.78, 5) is 25.8. The molecule has 0 heterocycles. The third-order valence-corrected chi connectivity index (χ3v) is 5.05. The predicted octanol–water partition coefficient (Wildman–Crippen LogP) is 4.53. The van der Waals surface area contributed by atoms with Crippen molar-refractivity contribution < 1.29 is 14.7 Å². The number of phenols is 1. The number of aromatic hydroxyl groups is 1. The molecule has 154 valence electrons. The molecule has 1 atom stereocenters. The second-order valence-electron chi connectivity index (χ2n) is 7.31. The fourth-order valence-electron chi connectivity index (χ4n) is 3.40. The van der Waals surface area contributed by atoms with Crippen molar-refractivity contribution in [3.8, 4) is 5.75 Å². The summed E-state index contributed by atoms with van der Waals surface area (Å²) in [5, 5.41) is 17.4. The maximum absolute atomic E-state index is 13.1. The first-order chi connectivity index (χ1) is 15.1. The Bertz CT molecular complexity index is 1200. The van der Waals surface area contributed by atoms with E-state index in [0.717, 1.165) is 16.3 Å². The molecule has 0 saturated carbocycles. The number of carbonyl (C=O) groups excluding carboxylic acids is 2. The molecule has 0 unspecified atom stereocenters. The van der Waals surface area contributed by atoms with E-state index in [1.807, 2.05) is 48.5 Å². The molecule has 0 aromatic heterocycles. The quantitative estimate of drug-likeness (QED) is 0.437. The van der Waals surface area contributed by atoms with Gasteiger partial charge in [0.25, 0.3) is 5.91 Å². The molecular weight excluding hydrogens is 388 g/mol. The Hall–Kier alpha value is -4.12. The van der Waals surface area contributed by atoms with Crippen molar-refractivity contribution in [2.45, 2.75) is 12.5 Å². The van der Waals surface area contributed by atoms with Gasteiger partial charge in [0.2, 0.25) is 5.91 Å². The average Bonchev–Trinajstić information content (AvgIpc) is 2.80. The van der Waals surface area contributed by atoms with Crippen LogP contribution in [0.2, 0.25) is 0 Å². The highest BCUT2D eigenvalue weighted by molar-refractivity contribution is 6.02. The second-order valence-corrected chi connectivity index (χ2v) is 7.31. The lowest BCUT2D eigenvalue weighted by molar-refractivity contribution is -0.118. The highest BCUT2D eigenvalue weighted by Gasteiger charge is 2.22. The topological polar surface area (TPSA) is 78.4 Å². The fraction of sp³-hybridized carbons (Fsp3) is 0.0769. The number of carbonyl (C=O) groups is 2. The standard InChI is InChI=1S/C26H22N2O3/c29-23-14-10-18(11-15-23)16-24(28-25(30)20-7-2-1-3-8-20)26(31)27-22-13-12-19-6-4-5-9-21(19)17-22/h1-15,17,24,29H,16H2,(H,27,31)(H,28,30)/t24-/m1/s1. The van der Waals surface area contributed by atoms with E-state index in [9.17, 15) is 14.7 Å². The molecule has 4 rings (SSSR count). The van der Waals surface area contributed by atoms with Gasteiger partial charge in [0.1, 0.15) is 11.8 Å². The number of amides is 2. The Labute approximate surface area is 180 Å². The van der Waals surface area contributed by atoms with Crippen molar-refractivity contribution in [2.75, 3.05) is 5.32 Å². The molecule has 4 aromatic rings. The summed E-state index contributed by atoms with van der Waals surface area (Å²) in [5.74, 6) is -0.486. The van der Waals surface area contributed by atoms with E-state index < -0.39 is 6.04 Å². The molecule has 0 aliphatic rings. The van der Waals surface area contributed by atoms with E-state index >= 15 is 0 Å². The van der Waals surface area contributed by atoms with Crippen molar-refractivity contribution in [3.63, 3.8) is 0 Å². The van der Waals surface area contributed by atoms with Gasteiger partial charge in [-0.3, -0.25) is 9.59 Å². The van der Waals surface area contributed by atoms with Gasteiger partial charge < -0.3 is 15.7 Å². The van der Waals surface area contributed by atoms with Crippen LogP contribution in [0.3, 0.4) is 0 Å². The maximum atomic E-state index is 13.1.